The van der Waals surface area contributed by atoms with Gasteiger partial charge in [-0.05, 0) is 30.7 Å². The Morgan fingerprint density at radius 2 is 1.95 bits per heavy atom. The predicted molar refractivity (Wildman–Crippen MR) is 82.4 cm³/mol. The van der Waals surface area contributed by atoms with Crippen LogP contribution in [0.5, 0.6) is 0 Å². The number of halogens is 1. The van der Waals surface area contributed by atoms with E-state index in [4.69, 9.17) is 11.6 Å². The van der Waals surface area contributed by atoms with Gasteiger partial charge in [-0.3, -0.25) is 4.79 Å². The van der Waals surface area contributed by atoms with Crippen LogP contribution < -0.4 is 5.32 Å². The number of anilines is 1. The van der Waals surface area contributed by atoms with Crippen LogP contribution in [0.4, 0.5) is 5.69 Å². The number of hydrogen-bond donors (Lipinski definition) is 2. The standard InChI is InChI=1S/C16H13ClN2O/c1-10-5-2-3-8-13(10)19-16(20)14-9-11-6-4-7-12(17)15(11)18-14/h2-9,18H,1H3,(H,19,20). The first-order valence-electron chi connectivity index (χ1n) is 6.29. The fourth-order valence-electron chi connectivity index (χ4n) is 2.14. The molecule has 0 aliphatic carbocycles. The third kappa shape index (κ3) is 2.28. The molecule has 0 fully saturated rings. The highest BCUT2D eigenvalue weighted by atomic mass is 35.5. The summed E-state index contributed by atoms with van der Waals surface area (Å²) in [7, 11) is 0. The van der Waals surface area contributed by atoms with Crippen LogP contribution in [0.15, 0.2) is 48.5 Å². The van der Waals surface area contributed by atoms with Gasteiger partial charge < -0.3 is 10.3 Å². The second-order valence-corrected chi connectivity index (χ2v) is 5.06. The molecular weight excluding hydrogens is 272 g/mol. The number of amides is 1. The number of carbonyl (C=O) groups is 1. The third-order valence-electron chi connectivity index (χ3n) is 3.24. The summed E-state index contributed by atoms with van der Waals surface area (Å²) in [5.74, 6) is -0.174. The number of H-pyrrole nitrogens is 1. The summed E-state index contributed by atoms with van der Waals surface area (Å²) in [5, 5.41) is 4.43. The zero-order valence-electron chi connectivity index (χ0n) is 10.9. The number of rotatable bonds is 2. The van der Waals surface area contributed by atoms with Gasteiger partial charge in [-0.15, -0.1) is 0 Å². The molecule has 0 bridgehead atoms. The SMILES string of the molecule is Cc1ccccc1NC(=O)c1cc2cccc(Cl)c2[nH]1. The van der Waals surface area contributed by atoms with Gasteiger partial charge in [-0.2, -0.15) is 0 Å². The van der Waals surface area contributed by atoms with Gasteiger partial charge >= 0.3 is 0 Å². The molecule has 3 nitrogen and oxygen atoms in total. The Morgan fingerprint density at radius 3 is 2.70 bits per heavy atom. The Hall–Kier alpha value is -2.26. The maximum atomic E-state index is 12.3. The van der Waals surface area contributed by atoms with E-state index in [2.05, 4.69) is 10.3 Å². The van der Waals surface area contributed by atoms with Crippen LogP contribution in [0.1, 0.15) is 16.1 Å². The van der Waals surface area contributed by atoms with Crippen molar-refractivity contribution in [3.63, 3.8) is 0 Å². The molecule has 100 valence electrons. The van der Waals surface area contributed by atoms with Gasteiger partial charge in [-0.1, -0.05) is 41.9 Å². The van der Waals surface area contributed by atoms with Gasteiger partial charge in [0.2, 0.25) is 0 Å². The zero-order chi connectivity index (χ0) is 14.1. The van der Waals surface area contributed by atoms with E-state index >= 15 is 0 Å². The molecule has 1 aromatic heterocycles. The van der Waals surface area contributed by atoms with Crippen molar-refractivity contribution >= 4 is 34.1 Å². The summed E-state index contributed by atoms with van der Waals surface area (Å²) in [6.07, 6.45) is 0. The molecule has 1 heterocycles. The van der Waals surface area contributed by atoms with Crippen LogP contribution in [0.3, 0.4) is 0 Å². The fourth-order valence-corrected chi connectivity index (χ4v) is 2.37. The van der Waals surface area contributed by atoms with Crippen LogP contribution in [0.25, 0.3) is 10.9 Å². The highest BCUT2D eigenvalue weighted by Crippen LogP contribution is 2.24. The summed E-state index contributed by atoms with van der Waals surface area (Å²) < 4.78 is 0. The average molecular weight is 285 g/mol. The van der Waals surface area contributed by atoms with Gasteiger partial charge in [0, 0.05) is 11.1 Å². The first-order valence-corrected chi connectivity index (χ1v) is 6.67. The summed E-state index contributed by atoms with van der Waals surface area (Å²) in [5.41, 5.74) is 3.11. The van der Waals surface area contributed by atoms with Crippen molar-refractivity contribution in [1.82, 2.24) is 4.98 Å². The van der Waals surface area contributed by atoms with E-state index in [-0.39, 0.29) is 5.91 Å². The van der Waals surface area contributed by atoms with Gasteiger partial charge in [-0.25, -0.2) is 0 Å². The lowest BCUT2D eigenvalue weighted by atomic mass is 10.2. The Balaban J connectivity index is 1.93. The van der Waals surface area contributed by atoms with Gasteiger partial charge in [0.25, 0.3) is 5.91 Å². The van der Waals surface area contributed by atoms with E-state index in [1.54, 1.807) is 12.1 Å². The van der Waals surface area contributed by atoms with Crippen molar-refractivity contribution in [3.8, 4) is 0 Å². The Kier molecular flexibility index (Phi) is 3.20. The Bertz CT molecular complexity index is 792. The molecule has 3 rings (SSSR count). The zero-order valence-corrected chi connectivity index (χ0v) is 11.7. The minimum absolute atomic E-state index is 0.174. The van der Waals surface area contributed by atoms with E-state index in [0.29, 0.717) is 10.7 Å². The number of carbonyl (C=O) groups excluding carboxylic acids is 1. The molecule has 0 saturated carbocycles. The van der Waals surface area contributed by atoms with Crippen molar-refractivity contribution in [3.05, 3.63) is 64.8 Å². The molecule has 0 aliphatic heterocycles. The lowest BCUT2D eigenvalue weighted by Gasteiger charge is -2.06. The molecule has 4 heteroatoms. The lowest BCUT2D eigenvalue weighted by Crippen LogP contribution is -2.12. The molecule has 2 N–H and O–H groups in total. The predicted octanol–water partition coefficient (Wildman–Crippen LogP) is 4.38. The monoisotopic (exact) mass is 284 g/mol. The average Bonchev–Trinajstić information content (AvgIpc) is 2.87. The second kappa shape index (κ2) is 5.02. The molecule has 0 spiro atoms. The van der Waals surface area contributed by atoms with E-state index < -0.39 is 0 Å². The fraction of sp³-hybridized carbons (Fsp3) is 0.0625. The molecule has 20 heavy (non-hydrogen) atoms. The van der Waals surface area contributed by atoms with Crippen molar-refractivity contribution in [1.29, 1.82) is 0 Å². The van der Waals surface area contributed by atoms with Gasteiger partial charge in [0.05, 0.1) is 10.5 Å². The summed E-state index contributed by atoms with van der Waals surface area (Å²) in [4.78, 5) is 15.3. The summed E-state index contributed by atoms with van der Waals surface area (Å²) in [6.45, 7) is 1.96. The van der Waals surface area contributed by atoms with Crippen molar-refractivity contribution in [2.75, 3.05) is 5.32 Å². The smallest absolute Gasteiger partial charge is 0.272 e. The first kappa shape index (κ1) is 12.8. The molecule has 3 aromatic rings. The van der Waals surface area contributed by atoms with E-state index in [9.17, 15) is 4.79 Å². The van der Waals surface area contributed by atoms with Gasteiger partial charge in [0.1, 0.15) is 5.69 Å². The number of para-hydroxylation sites is 2. The number of nitrogens with one attached hydrogen (secondary N) is 2. The number of aryl methyl sites for hydroxylation is 1. The van der Waals surface area contributed by atoms with Gasteiger partial charge in [0.15, 0.2) is 0 Å². The number of aromatic nitrogens is 1. The van der Waals surface area contributed by atoms with E-state index in [1.807, 2.05) is 43.3 Å². The summed E-state index contributed by atoms with van der Waals surface area (Å²) >= 11 is 6.10. The van der Waals surface area contributed by atoms with Crippen LogP contribution in [0, 0.1) is 6.92 Å². The molecule has 0 saturated heterocycles. The minimum atomic E-state index is -0.174. The minimum Gasteiger partial charge on any atom is -0.349 e. The third-order valence-corrected chi connectivity index (χ3v) is 3.56. The number of hydrogen-bond acceptors (Lipinski definition) is 1. The summed E-state index contributed by atoms with van der Waals surface area (Å²) in [6, 6.07) is 15.0. The molecular formula is C16H13ClN2O. The highest BCUT2D eigenvalue weighted by molar-refractivity contribution is 6.35. The Labute approximate surface area is 121 Å². The quantitative estimate of drug-likeness (QED) is 0.720. The highest BCUT2D eigenvalue weighted by Gasteiger charge is 2.11. The first-order chi connectivity index (χ1) is 9.65. The maximum Gasteiger partial charge on any atom is 0.272 e. The van der Waals surface area contributed by atoms with E-state index in [1.165, 1.54) is 0 Å². The Morgan fingerprint density at radius 1 is 1.15 bits per heavy atom. The second-order valence-electron chi connectivity index (χ2n) is 4.66. The lowest BCUT2D eigenvalue weighted by molar-refractivity contribution is 0.102. The molecule has 2 aromatic carbocycles. The van der Waals surface area contributed by atoms with Crippen LogP contribution in [-0.4, -0.2) is 10.9 Å². The maximum absolute atomic E-state index is 12.3. The van der Waals surface area contributed by atoms with Crippen LogP contribution in [0.2, 0.25) is 5.02 Å². The molecule has 1 amide bonds. The number of aromatic amines is 1. The number of fused-ring (bicyclic) bond motifs is 1. The van der Waals surface area contributed by atoms with Crippen molar-refractivity contribution in [2.45, 2.75) is 6.92 Å². The molecule has 0 unspecified atom stereocenters. The van der Waals surface area contributed by atoms with Crippen LogP contribution in [-0.2, 0) is 0 Å². The van der Waals surface area contributed by atoms with Crippen molar-refractivity contribution in [2.24, 2.45) is 0 Å². The van der Waals surface area contributed by atoms with Crippen molar-refractivity contribution < 1.29 is 4.79 Å². The number of benzene rings is 2. The normalized spacial score (nSPS) is 10.7. The largest absolute Gasteiger partial charge is 0.349 e. The molecule has 0 radical (unpaired) electrons. The molecule has 0 aliphatic rings. The molecule has 0 atom stereocenters. The van der Waals surface area contributed by atoms with E-state index in [0.717, 1.165) is 22.2 Å². The topological polar surface area (TPSA) is 44.9 Å². The van der Waals surface area contributed by atoms with Crippen LogP contribution >= 0.6 is 11.6 Å².